The number of hydrogen-bond acceptors (Lipinski definition) is 5. The van der Waals surface area contributed by atoms with Crippen LogP contribution in [0, 0.1) is 13.8 Å². The van der Waals surface area contributed by atoms with Crippen LogP contribution in [0.15, 0.2) is 71.6 Å². The van der Waals surface area contributed by atoms with E-state index in [0.717, 1.165) is 11.1 Å². The molecule has 0 bridgehead atoms. The molecule has 0 fully saturated rings. The summed E-state index contributed by atoms with van der Waals surface area (Å²) < 4.78 is 38.9. The predicted molar refractivity (Wildman–Crippen MR) is 125 cm³/mol. The molecule has 3 rings (SSSR count). The van der Waals surface area contributed by atoms with Crippen molar-refractivity contribution in [3.05, 3.63) is 77.9 Å². The third kappa shape index (κ3) is 5.59. The highest BCUT2D eigenvalue weighted by Crippen LogP contribution is 2.24. The molecule has 0 aliphatic heterocycles. The number of aryl methyl sites for hydroxylation is 2. The van der Waals surface area contributed by atoms with Gasteiger partial charge in [-0.05, 0) is 80.4 Å². The minimum Gasteiger partial charge on any atom is -0.497 e. The molecule has 1 unspecified atom stereocenters. The highest BCUT2D eigenvalue weighted by Gasteiger charge is 2.18. The molecule has 0 radical (unpaired) electrons. The molecular formula is C24H26N2O5S. The SMILES string of the molecule is COc1ccc(OC(C)C(=O)Nc2ccc(S(=O)(=O)Nc3c(C)cccc3C)cc2)cc1. The normalized spacial score (nSPS) is 12.0. The number of sulfonamides is 1. The van der Waals surface area contributed by atoms with Crippen molar-refractivity contribution in [1.29, 1.82) is 0 Å². The van der Waals surface area contributed by atoms with E-state index in [9.17, 15) is 13.2 Å². The van der Waals surface area contributed by atoms with Crippen LogP contribution in [0.5, 0.6) is 11.5 Å². The molecule has 8 heteroatoms. The topological polar surface area (TPSA) is 93.7 Å². The van der Waals surface area contributed by atoms with Crippen LogP contribution in [0.1, 0.15) is 18.1 Å². The third-order valence-corrected chi connectivity index (χ3v) is 6.26. The van der Waals surface area contributed by atoms with E-state index in [1.54, 1.807) is 38.3 Å². The van der Waals surface area contributed by atoms with Crippen molar-refractivity contribution in [3.8, 4) is 11.5 Å². The Labute approximate surface area is 188 Å². The zero-order chi connectivity index (χ0) is 23.3. The van der Waals surface area contributed by atoms with Gasteiger partial charge in [0.25, 0.3) is 15.9 Å². The van der Waals surface area contributed by atoms with E-state index in [2.05, 4.69) is 10.0 Å². The van der Waals surface area contributed by atoms with E-state index in [1.807, 2.05) is 32.0 Å². The van der Waals surface area contributed by atoms with Gasteiger partial charge in [0, 0.05) is 5.69 Å². The van der Waals surface area contributed by atoms with Crippen molar-refractivity contribution in [3.63, 3.8) is 0 Å². The molecule has 7 nitrogen and oxygen atoms in total. The Morgan fingerprint density at radius 1 is 0.875 bits per heavy atom. The fraction of sp³-hybridized carbons (Fsp3) is 0.208. The molecule has 1 amide bonds. The fourth-order valence-corrected chi connectivity index (χ4v) is 4.24. The van der Waals surface area contributed by atoms with Crippen LogP contribution in [-0.4, -0.2) is 27.5 Å². The van der Waals surface area contributed by atoms with Gasteiger partial charge in [0.2, 0.25) is 0 Å². The van der Waals surface area contributed by atoms with E-state index in [4.69, 9.17) is 9.47 Å². The largest absolute Gasteiger partial charge is 0.497 e. The molecule has 3 aromatic rings. The van der Waals surface area contributed by atoms with Gasteiger partial charge in [0.05, 0.1) is 17.7 Å². The maximum Gasteiger partial charge on any atom is 0.265 e. The van der Waals surface area contributed by atoms with E-state index in [-0.39, 0.29) is 10.8 Å². The smallest absolute Gasteiger partial charge is 0.265 e. The Hall–Kier alpha value is -3.52. The lowest BCUT2D eigenvalue weighted by Crippen LogP contribution is -2.30. The number of anilines is 2. The summed E-state index contributed by atoms with van der Waals surface area (Å²) in [6, 6.07) is 18.4. The van der Waals surface area contributed by atoms with Gasteiger partial charge in [-0.2, -0.15) is 0 Å². The van der Waals surface area contributed by atoms with Crippen molar-refractivity contribution in [2.75, 3.05) is 17.1 Å². The molecule has 0 aliphatic rings. The monoisotopic (exact) mass is 454 g/mol. The molecular weight excluding hydrogens is 428 g/mol. The zero-order valence-corrected chi connectivity index (χ0v) is 19.2. The molecule has 0 saturated carbocycles. The van der Waals surface area contributed by atoms with Gasteiger partial charge in [-0.15, -0.1) is 0 Å². The van der Waals surface area contributed by atoms with Crippen LogP contribution >= 0.6 is 0 Å². The van der Waals surface area contributed by atoms with Crippen molar-refractivity contribution < 1.29 is 22.7 Å². The lowest BCUT2D eigenvalue weighted by molar-refractivity contribution is -0.122. The molecule has 0 aliphatic carbocycles. The molecule has 3 aromatic carbocycles. The number of carbonyl (C=O) groups is 1. The minimum atomic E-state index is -3.76. The minimum absolute atomic E-state index is 0.0979. The van der Waals surface area contributed by atoms with E-state index >= 15 is 0 Å². The zero-order valence-electron chi connectivity index (χ0n) is 18.4. The first-order valence-electron chi connectivity index (χ1n) is 10.0. The van der Waals surface area contributed by atoms with Gasteiger partial charge >= 0.3 is 0 Å². The number of benzene rings is 3. The molecule has 32 heavy (non-hydrogen) atoms. The molecule has 0 heterocycles. The summed E-state index contributed by atoms with van der Waals surface area (Å²) in [5, 5.41) is 2.73. The van der Waals surface area contributed by atoms with Gasteiger partial charge in [-0.1, -0.05) is 18.2 Å². The van der Waals surface area contributed by atoms with Gasteiger partial charge in [0.15, 0.2) is 6.10 Å². The third-order valence-electron chi connectivity index (χ3n) is 4.89. The Balaban J connectivity index is 1.64. The number of methoxy groups -OCH3 is 1. The standard InChI is InChI=1S/C24H26N2O5S/c1-16-6-5-7-17(2)23(16)26-32(28,29)22-14-8-19(9-15-22)25-24(27)18(3)31-21-12-10-20(30-4)11-13-21/h5-15,18,26H,1-4H3,(H,25,27). The summed E-state index contributed by atoms with van der Waals surface area (Å²) in [5.41, 5.74) is 2.70. The van der Waals surface area contributed by atoms with Gasteiger partial charge in [-0.25, -0.2) is 8.42 Å². The highest BCUT2D eigenvalue weighted by molar-refractivity contribution is 7.92. The Kier molecular flexibility index (Phi) is 7.05. The van der Waals surface area contributed by atoms with Crippen LogP contribution in [-0.2, 0) is 14.8 Å². The highest BCUT2D eigenvalue weighted by atomic mass is 32.2. The van der Waals surface area contributed by atoms with Crippen molar-refractivity contribution in [1.82, 2.24) is 0 Å². The summed E-state index contributed by atoms with van der Waals surface area (Å²) in [6.07, 6.45) is -0.752. The first-order valence-corrected chi connectivity index (χ1v) is 11.5. The van der Waals surface area contributed by atoms with Crippen LogP contribution in [0.25, 0.3) is 0 Å². The van der Waals surface area contributed by atoms with Gasteiger partial charge < -0.3 is 14.8 Å². The average molecular weight is 455 g/mol. The molecule has 2 N–H and O–H groups in total. The number of para-hydroxylation sites is 1. The van der Waals surface area contributed by atoms with Crippen molar-refractivity contribution in [2.45, 2.75) is 31.8 Å². The number of carbonyl (C=O) groups excluding carboxylic acids is 1. The first kappa shape index (κ1) is 23.1. The fourth-order valence-electron chi connectivity index (χ4n) is 3.04. The first-order chi connectivity index (χ1) is 15.2. The quantitative estimate of drug-likeness (QED) is 0.522. The van der Waals surface area contributed by atoms with Crippen molar-refractivity contribution in [2.24, 2.45) is 0 Å². The van der Waals surface area contributed by atoms with E-state index < -0.39 is 16.1 Å². The molecule has 0 aromatic heterocycles. The van der Waals surface area contributed by atoms with Crippen LogP contribution < -0.4 is 19.5 Å². The lowest BCUT2D eigenvalue weighted by Gasteiger charge is -2.16. The Morgan fingerprint density at radius 2 is 1.44 bits per heavy atom. The van der Waals surface area contributed by atoms with Crippen LogP contribution in [0.4, 0.5) is 11.4 Å². The van der Waals surface area contributed by atoms with E-state index in [1.165, 1.54) is 24.3 Å². The lowest BCUT2D eigenvalue weighted by atomic mass is 10.1. The van der Waals surface area contributed by atoms with Crippen LogP contribution in [0.3, 0.4) is 0 Å². The van der Waals surface area contributed by atoms with Crippen LogP contribution in [0.2, 0.25) is 0 Å². The van der Waals surface area contributed by atoms with Crippen molar-refractivity contribution >= 4 is 27.3 Å². The molecule has 168 valence electrons. The summed E-state index contributed by atoms with van der Waals surface area (Å²) >= 11 is 0. The maximum absolute atomic E-state index is 12.8. The second-order valence-electron chi connectivity index (χ2n) is 7.32. The molecule has 0 saturated heterocycles. The Bertz CT molecular complexity index is 1170. The summed E-state index contributed by atoms with van der Waals surface area (Å²) in [5.74, 6) is 0.870. The molecule has 0 spiro atoms. The maximum atomic E-state index is 12.8. The Morgan fingerprint density at radius 3 is 2.00 bits per heavy atom. The number of nitrogens with one attached hydrogen (secondary N) is 2. The average Bonchev–Trinajstić information content (AvgIpc) is 2.77. The number of ether oxygens (including phenoxy) is 2. The van der Waals surface area contributed by atoms with Gasteiger partial charge in [-0.3, -0.25) is 9.52 Å². The summed E-state index contributed by atoms with van der Waals surface area (Å²) in [6.45, 7) is 5.32. The second kappa shape index (κ2) is 9.74. The number of amides is 1. The van der Waals surface area contributed by atoms with Gasteiger partial charge in [0.1, 0.15) is 11.5 Å². The number of rotatable bonds is 8. The van der Waals surface area contributed by atoms with E-state index in [0.29, 0.717) is 22.9 Å². The second-order valence-corrected chi connectivity index (χ2v) is 9.00. The predicted octanol–water partition coefficient (Wildman–Crippen LogP) is 4.52. The summed E-state index contributed by atoms with van der Waals surface area (Å²) in [7, 11) is -2.19. The number of hydrogen-bond donors (Lipinski definition) is 2. The summed E-state index contributed by atoms with van der Waals surface area (Å²) in [4.78, 5) is 12.5. The molecule has 1 atom stereocenters.